The van der Waals surface area contributed by atoms with Gasteiger partial charge in [-0.2, -0.15) is 0 Å². The van der Waals surface area contributed by atoms with Crippen LogP contribution in [-0.2, 0) is 15.5 Å². The summed E-state index contributed by atoms with van der Waals surface area (Å²) in [4.78, 5) is 0. The largest absolute Gasteiger partial charge is 0.493 e. The number of halogens is 3. The Morgan fingerprint density at radius 3 is 2.38 bits per heavy atom. The van der Waals surface area contributed by atoms with Crippen molar-refractivity contribution in [2.24, 2.45) is 0 Å². The minimum absolute atomic E-state index is 0.133. The maximum Gasteiger partial charge on any atom is 0.232 e. The van der Waals surface area contributed by atoms with Crippen LogP contribution in [0.25, 0.3) is 0 Å². The lowest BCUT2D eigenvalue weighted by Crippen LogP contribution is -2.06. The number of hydrogen-bond donors (Lipinski definition) is 0. The summed E-state index contributed by atoms with van der Waals surface area (Å²) in [6.45, 7) is 0. The van der Waals surface area contributed by atoms with Gasteiger partial charge in [-0.05, 0) is 18.6 Å². The number of ether oxygens (including phenoxy) is 1. The summed E-state index contributed by atoms with van der Waals surface area (Å²) >= 11 is 0. The Hall–Kier alpha value is -0.880. The van der Waals surface area contributed by atoms with E-state index in [1.165, 1.54) is 7.11 Å². The molecule has 0 atom stereocenters. The van der Waals surface area contributed by atoms with Crippen molar-refractivity contribution in [3.05, 3.63) is 29.3 Å². The van der Waals surface area contributed by atoms with Crippen LogP contribution in [0, 0.1) is 11.6 Å². The van der Waals surface area contributed by atoms with Crippen molar-refractivity contribution in [2.45, 2.75) is 6.42 Å². The minimum Gasteiger partial charge on any atom is -0.493 e. The number of methoxy groups -OCH3 is 1. The quantitative estimate of drug-likeness (QED) is 0.787. The number of hydrogen-bond acceptors (Lipinski definition) is 3. The predicted octanol–water partition coefficient (Wildman–Crippen LogP) is 2.08. The van der Waals surface area contributed by atoms with Gasteiger partial charge in [-0.3, -0.25) is 0 Å². The highest BCUT2D eigenvalue weighted by Crippen LogP contribution is 2.26. The summed E-state index contributed by atoms with van der Waals surface area (Å²) in [7, 11) is 2.41. The summed E-state index contributed by atoms with van der Waals surface area (Å²) in [6, 6.07) is 1.82. The molecule has 0 aliphatic rings. The molecule has 0 fully saturated rings. The van der Waals surface area contributed by atoms with Gasteiger partial charge in [-0.1, -0.05) is 0 Å². The Bertz CT molecular complexity index is 488. The Balaban J connectivity index is 3.07. The minimum atomic E-state index is -3.75. The van der Waals surface area contributed by atoms with E-state index in [-0.39, 0.29) is 17.7 Å². The molecule has 0 saturated heterocycles. The van der Waals surface area contributed by atoms with E-state index in [2.05, 4.69) is 4.74 Å². The topological polar surface area (TPSA) is 43.4 Å². The van der Waals surface area contributed by atoms with Crippen LogP contribution in [0.5, 0.6) is 5.75 Å². The van der Waals surface area contributed by atoms with E-state index in [0.717, 1.165) is 12.1 Å². The van der Waals surface area contributed by atoms with Crippen LogP contribution in [0.4, 0.5) is 8.78 Å². The SMILES string of the molecule is COc1c(F)ccc(F)c1CCS(=O)(=O)Cl. The molecular formula is C9H9ClF2O3S. The Kier molecular flexibility index (Phi) is 4.09. The third kappa shape index (κ3) is 3.31. The first-order valence-electron chi connectivity index (χ1n) is 4.28. The zero-order valence-corrected chi connectivity index (χ0v) is 9.91. The van der Waals surface area contributed by atoms with E-state index in [9.17, 15) is 17.2 Å². The van der Waals surface area contributed by atoms with Crippen LogP contribution in [0.3, 0.4) is 0 Å². The predicted molar refractivity (Wildman–Crippen MR) is 56.3 cm³/mol. The summed E-state index contributed by atoms with van der Waals surface area (Å²) < 4.78 is 52.6. The fourth-order valence-electron chi connectivity index (χ4n) is 1.25. The molecule has 1 aromatic rings. The molecule has 0 spiro atoms. The zero-order chi connectivity index (χ0) is 12.3. The van der Waals surface area contributed by atoms with Crippen LogP contribution in [0.15, 0.2) is 12.1 Å². The van der Waals surface area contributed by atoms with E-state index in [1.54, 1.807) is 0 Å². The second-order valence-electron chi connectivity index (χ2n) is 3.03. The fourth-order valence-corrected chi connectivity index (χ4v) is 1.93. The molecule has 0 unspecified atom stereocenters. The van der Waals surface area contributed by atoms with Gasteiger partial charge in [0.05, 0.1) is 12.9 Å². The highest BCUT2D eigenvalue weighted by Gasteiger charge is 2.16. The van der Waals surface area contributed by atoms with Gasteiger partial charge in [0.2, 0.25) is 9.05 Å². The third-order valence-corrected chi connectivity index (χ3v) is 3.11. The zero-order valence-electron chi connectivity index (χ0n) is 8.34. The van der Waals surface area contributed by atoms with E-state index >= 15 is 0 Å². The Morgan fingerprint density at radius 2 is 1.88 bits per heavy atom. The molecule has 7 heteroatoms. The molecule has 16 heavy (non-hydrogen) atoms. The van der Waals surface area contributed by atoms with Crippen molar-refractivity contribution >= 4 is 19.7 Å². The van der Waals surface area contributed by atoms with Gasteiger partial charge < -0.3 is 4.74 Å². The molecule has 0 aromatic heterocycles. The second kappa shape index (κ2) is 4.97. The van der Waals surface area contributed by atoms with Crippen LogP contribution in [0.2, 0.25) is 0 Å². The van der Waals surface area contributed by atoms with Crippen LogP contribution in [-0.4, -0.2) is 21.3 Å². The standard InChI is InChI=1S/C9H9ClF2O3S/c1-15-9-6(4-5-16(10,13)14)7(11)2-3-8(9)12/h2-3H,4-5H2,1H3. The van der Waals surface area contributed by atoms with Gasteiger partial charge in [0.1, 0.15) is 5.82 Å². The first kappa shape index (κ1) is 13.2. The van der Waals surface area contributed by atoms with Gasteiger partial charge in [-0.25, -0.2) is 17.2 Å². The molecule has 1 aromatic carbocycles. The smallest absolute Gasteiger partial charge is 0.232 e. The lowest BCUT2D eigenvalue weighted by atomic mass is 10.1. The monoisotopic (exact) mass is 270 g/mol. The third-order valence-electron chi connectivity index (χ3n) is 1.96. The first-order valence-corrected chi connectivity index (χ1v) is 6.76. The molecule has 0 bridgehead atoms. The molecule has 0 N–H and O–H groups in total. The molecule has 1 rings (SSSR count). The molecule has 0 amide bonds. The average Bonchev–Trinajstić information content (AvgIpc) is 2.17. The lowest BCUT2D eigenvalue weighted by Gasteiger charge is -2.09. The molecule has 0 aliphatic heterocycles. The van der Waals surface area contributed by atoms with Crippen molar-refractivity contribution in [1.29, 1.82) is 0 Å². The van der Waals surface area contributed by atoms with Gasteiger partial charge in [0.25, 0.3) is 0 Å². The van der Waals surface area contributed by atoms with Crippen molar-refractivity contribution in [3.63, 3.8) is 0 Å². The maximum absolute atomic E-state index is 13.3. The summed E-state index contributed by atoms with van der Waals surface area (Å²) in [5, 5.41) is 0. The number of benzene rings is 1. The highest BCUT2D eigenvalue weighted by molar-refractivity contribution is 8.13. The second-order valence-corrected chi connectivity index (χ2v) is 5.93. The summed E-state index contributed by atoms with van der Waals surface area (Å²) in [6.07, 6.45) is -0.238. The number of rotatable bonds is 4. The van der Waals surface area contributed by atoms with Gasteiger partial charge in [0.15, 0.2) is 11.6 Å². The molecule has 0 saturated carbocycles. The molecular weight excluding hydrogens is 262 g/mol. The molecule has 3 nitrogen and oxygen atoms in total. The van der Waals surface area contributed by atoms with E-state index in [0.29, 0.717) is 0 Å². The van der Waals surface area contributed by atoms with Crippen molar-refractivity contribution in [1.82, 2.24) is 0 Å². The normalized spacial score (nSPS) is 11.5. The van der Waals surface area contributed by atoms with E-state index in [4.69, 9.17) is 10.7 Å². The summed E-state index contributed by atoms with van der Waals surface area (Å²) in [5.41, 5.74) is -0.133. The maximum atomic E-state index is 13.3. The van der Waals surface area contributed by atoms with E-state index < -0.39 is 26.4 Å². The molecule has 90 valence electrons. The molecule has 0 aliphatic carbocycles. The Labute approximate surface area is 96.4 Å². The van der Waals surface area contributed by atoms with Gasteiger partial charge in [-0.15, -0.1) is 0 Å². The van der Waals surface area contributed by atoms with Gasteiger partial charge >= 0.3 is 0 Å². The van der Waals surface area contributed by atoms with E-state index in [1.807, 2.05) is 0 Å². The van der Waals surface area contributed by atoms with Crippen molar-refractivity contribution < 1.29 is 21.9 Å². The summed E-state index contributed by atoms with van der Waals surface area (Å²) in [5.74, 6) is -2.24. The first-order chi connectivity index (χ1) is 7.35. The Morgan fingerprint density at radius 1 is 1.31 bits per heavy atom. The lowest BCUT2D eigenvalue weighted by molar-refractivity contribution is 0.376. The van der Waals surface area contributed by atoms with Gasteiger partial charge in [0, 0.05) is 16.2 Å². The molecule has 0 heterocycles. The average molecular weight is 271 g/mol. The van der Waals surface area contributed by atoms with Crippen LogP contribution in [0.1, 0.15) is 5.56 Å². The highest BCUT2D eigenvalue weighted by atomic mass is 35.7. The van der Waals surface area contributed by atoms with Crippen molar-refractivity contribution in [3.8, 4) is 5.75 Å². The van der Waals surface area contributed by atoms with Crippen LogP contribution >= 0.6 is 10.7 Å². The van der Waals surface area contributed by atoms with Crippen LogP contribution < -0.4 is 4.74 Å². The fraction of sp³-hybridized carbons (Fsp3) is 0.333. The van der Waals surface area contributed by atoms with Crippen molar-refractivity contribution in [2.75, 3.05) is 12.9 Å². The molecule has 0 radical (unpaired) electrons.